The van der Waals surface area contributed by atoms with Crippen LogP contribution in [0.1, 0.15) is 46.8 Å². The van der Waals surface area contributed by atoms with E-state index in [0.717, 1.165) is 11.5 Å². The maximum absolute atomic E-state index is 3.83. The van der Waals surface area contributed by atoms with Crippen molar-refractivity contribution in [3.63, 3.8) is 0 Å². The molecule has 0 aromatic heterocycles. The van der Waals surface area contributed by atoms with Gasteiger partial charge in [-0.1, -0.05) is 48.0 Å². The summed E-state index contributed by atoms with van der Waals surface area (Å²) < 4.78 is 0. The standard InChI is InChI=1S/C19H23NS/c1-13-8-9-17(14(2)10-13)15(3)20-19-12-21-11-16-6-4-5-7-18(16)19/h4-10,15,19-20H,11-12H2,1-3H3. The Morgan fingerprint density at radius 3 is 2.76 bits per heavy atom. The van der Waals surface area contributed by atoms with Gasteiger partial charge >= 0.3 is 0 Å². The molecular weight excluding hydrogens is 274 g/mol. The van der Waals surface area contributed by atoms with E-state index in [4.69, 9.17) is 0 Å². The van der Waals surface area contributed by atoms with Gasteiger partial charge in [-0.2, -0.15) is 11.8 Å². The first-order valence-electron chi connectivity index (χ1n) is 7.64. The second kappa shape index (κ2) is 6.25. The number of thioether (sulfide) groups is 1. The van der Waals surface area contributed by atoms with Gasteiger partial charge in [0, 0.05) is 23.6 Å². The lowest BCUT2D eigenvalue weighted by atomic mass is 9.97. The fourth-order valence-electron chi connectivity index (χ4n) is 3.22. The van der Waals surface area contributed by atoms with Gasteiger partial charge in [0.25, 0.3) is 0 Å². The van der Waals surface area contributed by atoms with Crippen molar-refractivity contribution in [2.75, 3.05) is 5.75 Å². The van der Waals surface area contributed by atoms with Crippen LogP contribution in [0.15, 0.2) is 42.5 Å². The lowest BCUT2D eigenvalue weighted by Crippen LogP contribution is -2.29. The molecule has 0 saturated heterocycles. The molecule has 1 aliphatic rings. The monoisotopic (exact) mass is 297 g/mol. The van der Waals surface area contributed by atoms with Crippen LogP contribution in [0, 0.1) is 13.8 Å². The fourth-order valence-corrected chi connectivity index (χ4v) is 4.34. The van der Waals surface area contributed by atoms with Crippen molar-refractivity contribution in [3.8, 4) is 0 Å². The van der Waals surface area contributed by atoms with E-state index < -0.39 is 0 Å². The second-order valence-electron chi connectivity index (χ2n) is 6.01. The summed E-state index contributed by atoms with van der Waals surface area (Å²) in [5.74, 6) is 2.30. The third-order valence-corrected chi connectivity index (χ3v) is 5.40. The topological polar surface area (TPSA) is 12.0 Å². The Balaban J connectivity index is 1.81. The molecule has 110 valence electrons. The van der Waals surface area contributed by atoms with Gasteiger partial charge in [0.15, 0.2) is 0 Å². The quantitative estimate of drug-likeness (QED) is 0.861. The van der Waals surface area contributed by atoms with Crippen LogP contribution in [0.25, 0.3) is 0 Å². The summed E-state index contributed by atoms with van der Waals surface area (Å²) in [7, 11) is 0. The Kier molecular flexibility index (Phi) is 4.37. The molecular formula is C19H23NS. The molecule has 0 fully saturated rings. The summed E-state index contributed by atoms with van der Waals surface area (Å²) in [5.41, 5.74) is 7.09. The largest absolute Gasteiger partial charge is 0.303 e. The van der Waals surface area contributed by atoms with Crippen molar-refractivity contribution in [3.05, 3.63) is 70.3 Å². The molecule has 0 bridgehead atoms. The molecule has 1 heterocycles. The average molecular weight is 297 g/mol. The number of hydrogen-bond donors (Lipinski definition) is 1. The van der Waals surface area contributed by atoms with E-state index >= 15 is 0 Å². The summed E-state index contributed by atoms with van der Waals surface area (Å²) in [6.07, 6.45) is 0. The van der Waals surface area contributed by atoms with Crippen LogP contribution >= 0.6 is 11.8 Å². The predicted molar refractivity (Wildman–Crippen MR) is 92.8 cm³/mol. The molecule has 0 aliphatic carbocycles. The highest BCUT2D eigenvalue weighted by Gasteiger charge is 2.22. The van der Waals surface area contributed by atoms with Crippen molar-refractivity contribution < 1.29 is 0 Å². The number of nitrogens with one attached hydrogen (secondary N) is 1. The van der Waals surface area contributed by atoms with E-state index in [1.807, 2.05) is 11.8 Å². The summed E-state index contributed by atoms with van der Waals surface area (Å²) in [5, 5.41) is 3.83. The Hall–Kier alpha value is -1.25. The molecule has 0 spiro atoms. The van der Waals surface area contributed by atoms with Crippen molar-refractivity contribution in [1.82, 2.24) is 5.32 Å². The highest BCUT2D eigenvalue weighted by Crippen LogP contribution is 2.33. The summed E-state index contributed by atoms with van der Waals surface area (Å²) >= 11 is 2.03. The third-order valence-electron chi connectivity index (χ3n) is 4.32. The van der Waals surface area contributed by atoms with E-state index in [2.05, 4.69) is 68.6 Å². The molecule has 2 aromatic rings. The van der Waals surface area contributed by atoms with Crippen LogP contribution < -0.4 is 5.32 Å². The summed E-state index contributed by atoms with van der Waals surface area (Å²) in [6, 6.07) is 16.4. The third kappa shape index (κ3) is 3.17. The average Bonchev–Trinajstić information content (AvgIpc) is 2.47. The zero-order chi connectivity index (χ0) is 14.8. The molecule has 2 atom stereocenters. The molecule has 3 rings (SSSR count). The molecule has 21 heavy (non-hydrogen) atoms. The molecule has 1 aliphatic heterocycles. The zero-order valence-electron chi connectivity index (χ0n) is 13.0. The van der Waals surface area contributed by atoms with E-state index in [1.165, 1.54) is 27.8 Å². The normalized spacial score (nSPS) is 19.1. The number of benzene rings is 2. The van der Waals surface area contributed by atoms with E-state index in [-0.39, 0.29) is 0 Å². The first kappa shape index (κ1) is 14.7. The Bertz CT molecular complexity index is 635. The zero-order valence-corrected chi connectivity index (χ0v) is 13.8. The first-order chi connectivity index (χ1) is 10.1. The highest BCUT2D eigenvalue weighted by molar-refractivity contribution is 7.98. The van der Waals surface area contributed by atoms with Gasteiger partial charge in [-0.05, 0) is 43.0 Å². The van der Waals surface area contributed by atoms with Gasteiger partial charge in [0.1, 0.15) is 0 Å². The van der Waals surface area contributed by atoms with Gasteiger partial charge in [-0.25, -0.2) is 0 Å². The second-order valence-corrected chi connectivity index (χ2v) is 7.05. The number of fused-ring (bicyclic) bond motifs is 1. The van der Waals surface area contributed by atoms with Gasteiger partial charge in [-0.15, -0.1) is 0 Å². The number of hydrogen-bond acceptors (Lipinski definition) is 2. The Morgan fingerprint density at radius 1 is 1.14 bits per heavy atom. The smallest absolute Gasteiger partial charge is 0.0419 e. The molecule has 0 amide bonds. The predicted octanol–water partition coefficient (Wildman–Crippen LogP) is 4.94. The summed E-state index contributed by atoms with van der Waals surface area (Å²) in [6.45, 7) is 6.65. The van der Waals surface area contributed by atoms with Crippen molar-refractivity contribution in [2.24, 2.45) is 0 Å². The number of aryl methyl sites for hydroxylation is 2. The van der Waals surface area contributed by atoms with E-state index in [9.17, 15) is 0 Å². The van der Waals surface area contributed by atoms with Crippen LogP contribution in [-0.4, -0.2) is 5.75 Å². The first-order valence-corrected chi connectivity index (χ1v) is 8.79. The van der Waals surface area contributed by atoms with Gasteiger partial charge in [0.2, 0.25) is 0 Å². The van der Waals surface area contributed by atoms with Crippen LogP contribution in [-0.2, 0) is 5.75 Å². The molecule has 1 N–H and O–H groups in total. The number of rotatable bonds is 3. The van der Waals surface area contributed by atoms with Gasteiger partial charge in [0.05, 0.1) is 0 Å². The maximum atomic E-state index is 3.83. The minimum absolute atomic E-state index is 0.377. The molecule has 2 unspecified atom stereocenters. The minimum Gasteiger partial charge on any atom is -0.303 e. The van der Waals surface area contributed by atoms with Crippen molar-refractivity contribution in [1.29, 1.82) is 0 Å². The molecule has 0 saturated carbocycles. The summed E-state index contributed by atoms with van der Waals surface area (Å²) in [4.78, 5) is 0. The van der Waals surface area contributed by atoms with E-state index in [1.54, 1.807) is 0 Å². The van der Waals surface area contributed by atoms with Crippen molar-refractivity contribution in [2.45, 2.75) is 38.6 Å². The minimum atomic E-state index is 0.377. The van der Waals surface area contributed by atoms with Crippen LogP contribution in [0.4, 0.5) is 0 Å². The lowest BCUT2D eigenvalue weighted by Gasteiger charge is -2.29. The van der Waals surface area contributed by atoms with Gasteiger partial charge < -0.3 is 5.32 Å². The van der Waals surface area contributed by atoms with Crippen LogP contribution in [0.2, 0.25) is 0 Å². The fraction of sp³-hybridized carbons (Fsp3) is 0.368. The maximum Gasteiger partial charge on any atom is 0.0419 e. The van der Waals surface area contributed by atoms with Crippen LogP contribution in [0.3, 0.4) is 0 Å². The molecule has 2 aromatic carbocycles. The highest BCUT2D eigenvalue weighted by atomic mass is 32.2. The molecule has 0 radical (unpaired) electrons. The molecule has 1 nitrogen and oxygen atoms in total. The Labute approximate surface area is 132 Å². The SMILES string of the molecule is Cc1ccc(C(C)NC2CSCc3ccccc32)c(C)c1. The van der Waals surface area contributed by atoms with Crippen LogP contribution in [0.5, 0.6) is 0 Å². The Morgan fingerprint density at radius 2 is 1.95 bits per heavy atom. The lowest BCUT2D eigenvalue weighted by molar-refractivity contribution is 0.494. The van der Waals surface area contributed by atoms with E-state index in [0.29, 0.717) is 12.1 Å². The van der Waals surface area contributed by atoms with Gasteiger partial charge in [-0.3, -0.25) is 0 Å². The molecule has 2 heteroatoms. The van der Waals surface area contributed by atoms with Crippen molar-refractivity contribution >= 4 is 11.8 Å².